The Balaban J connectivity index is 1.56. The van der Waals surface area contributed by atoms with Gasteiger partial charge in [0.1, 0.15) is 11.7 Å². The van der Waals surface area contributed by atoms with E-state index >= 15 is 0 Å². The van der Waals surface area contributed by atoms with Crippen molar-refractivity contribution in [3.8, 4) is 0 Å². The second-order valence-corrected chi connectivity index (χ2v) is 16.7. The average Bonchev–Trinajstić information content (AvgIpc) is 3.02. The van der Waals surface area contributed by atoms with Gasteiger partial charge in [-0.25, -0.2) is 9.59 Å². The van der Waals surface area contributed by atoms with Gasteiger partial charge in [-0.2, -0.15) is 0 Å². The smallest absolute Gasteiger partial charge is 0.408 e. The van der Waals surface area contributed by atoms with Gasteiger partial charge in [-0.15, -0.1) is 0 Å². The molecule has 2 bridgehead atoms. The number of aliphatic hydroxyl groups is 3. The molecule has 11 heteroatoms. The summed E-state index contributed by atoms with van der Waals surface area (Å²) < 4.78 is 23.5. The first-order valence-corrected chi connectivity index (χ1v) is 17.3. The highest BCUT2D eigenvalue weighted by Gasteiger charge is 2.73. The Hall–Kier alpha value is -2.83. The van der Waals surface area contributed by atoms with E-state index in [1.807, 2.05) is 27.7 Å². The van der Waals surface area contributed by atoms with E-state index in [0.29, 0.717) is 29.7 Å². The Morgan fingerprint density at radius 1 is 1.12 bits per heavy atom. The molecule has 1 aromatic carbocycles. The van der Waals surface area contributed by atoms with Crippen LogP contribution in [0.5, 0.6) is 0 Å². The second kappa shape index (κ2) is 12.7. The van der Waals surface area contributed by atoms with Crippen molar-refractivity contribution in [2.75, 3.05) is 20.3 Å². The molecule has 3 unspecified atom stereocenters. The van der Waals surface area contributed by atoms with E-state index in [9.17, 15) is 29.7 Å². The fourth-order valence-corrected chi connectivity index (χ4v) is 10.1. The highest BCUT2D eigenvalue weighted by molar-refractivity contribution is 5.91. The summed E-state index contributed by atoms with van der Waals surface area (Å²) in [7, 11) is 1.59. The average molecular weight is 686 g/mol. The Labute approximate surface area is 289 Å². The highest BCUT2D eigenvalue weighted by Crippen LogP contribution is 2.68. The third-order valence-corrected chi connectivity index (χ3v) is 12.5. The number of esters is 1. The van der Waals surface area contributed by atoms with Crippen LogP contribution in [-0.2, 0) is 28.5 Å². The summed E-state index contributed by atoms with van der Waals surface area (Å²) in [4.78, 5) is 41.6. The predicted molar refractivity (Wildman–Crippen MR) is 180 cm³/mol. The summed E-state index contributed by atoms with van der Waals surface area (Å²) in [6, 6.07) is 7.34. The van der Waals surface area contributed by atoms with Crippen molar-refractivity contribution in [1.29, 1.82) is 0 Å². The van der Waals surface area contributed by atoms with E-state index in [2.05, 4.69) is 12.2 Å². The fourth-order valence-electron chi connectivity index (χ4n) is 10.1. The van der Waals surface area contributed by atoms with Crippen molar-refractivity contribution >= 4 is 17.8 Å². The first-order chi connectivity index (χ1) is 22.7. The van der Waals surface area contributed by atoms with Crippen molar-refractivity contribution in [3.05, 3.63) is 47.0 Å². The first-order valence-electron chi connectivity index (χ1n) is 17.3. The van der Waals surface area contributed by atoms with Crippen molar-refractivity contribution in [1.82, 2.24) is 5.32 Å². The van der Waals surface area contributed by atoms with Gasteiger partial charge in [-0.05, 0) is 63.2 Å². The van der Waals surface area contributed by atoms with Crippen LogP contribution in [0.15, 0.2) is 41.5 Å². The number of hydrogen-bond donors (Lipinski definition) is 4. The molecular weight excluding hydrogens is 630 g/mol. The lowest BCUT2D eigenvalue weighted by Crippen LogP contribution is -2.75. The number of fused-ring (bicyclic) bond motifs is 5. The number of ether oxygens (including phenoxy) is 4. The molecule has 11 atom stereocenters. The highest BCUT2D eigenvalue weighted by atomic mass is 16.6. The third-order valence-electron chi connectivity index (χ3n) is 12.5. The van der Waals surface area contributed by atoms with Gasteiger partial charge in [-0.1, -0.05) is 58.0 Å². The van der Waals surface area contributed by atoms with Gasteiger partial charge in [-0.3, -0.25) is 4.79 Å². The summed E-state index contributed by atoms with van der Waals surface area (Å²) in [5, 5.41) is 38.1. The number of amides is 1. The van der Waals surface area contributed by atoms with E-state index in [1.54, 1.807) is 65.1 Å². The molecule has 5 rings (SSSR count). The number of ketones is 1. The van der Waals surface area contributed by atoms with E-state index in [-0.39, 0.29) is 18.3 Å². The molecule has 2 saturated carbocycles. The van der Waals surface area contributed by atoms with E-state index in [4.69, 9.17) is 18.9 Å². The maximum atomic E-state index is 14.9. The Kier molecular flexibility index (Phi) is 9.73. The lowest BCUT2D eigenvalue weighted by atomic mass is 9.40. The fraction of sp³-hybridized carbons (Fsp3) is 0.711. The predicted octanol–water partition coefficient (Wildman–Crippen LogP) is 4.28. The van der Waals surface area contributed by atoms with Gasteiger partial charge in [0, 0.05) is 30.8 Å². The minimum atomic E-state index is -1.84. The van der Waals surface area contributed by atoms with Crippen LogP contribution in [0.2, 0.25) is 0 Å². The molecule has 49 heavy (non-hydrogen) atoms. The molecule has 3 fully saturated rings. The van der Waals surface area contributed by atoms with Gasteiger partial charge < -0.3 is 39.6 Å². The van der Waals surface area contributed by atoms with Crippen LogP contribution in [0.3, 0.4) is 0 Å². The first kappa shape index (κ1) is 37.4. The number of rotatable bonds is 7. The molecule has 272 valence electrons. The van der Waals surface area contributed by atoms with Crippen LogP contribution >= 0.6 is 0 Å². The van der Waals surface area contributed by atoms with E-state index in [0.717, 1.165) is 0 Å². The zero-order valence-corrected chi connectivity index (χ0v) is 30.5. The van der Waals surface area contributed by atoms with Crippen LogP contribution in [0, 0.1) is 34.0 Å². The summed E-state index contributed by atoms with van der Waals surface area (Å²) in [5.74, 6) is -3.10. The molecule has 0 spiro atoms. The topological polar surface area (TPSA) is 161 Å². The molecule has 4 N–H and O–H groups in total. The van der Waals surface area contributed by atoms with Gasteiger partial charge in [0.25, 0.3) is 0 Å². The molecule has 1 aromatic rings. The van der Waals surface area contributed by atoms with Gasteiger partial charge in [0.15, 0.2) is 11.9 Å². The van der Waals surface area contributed by atoms with Gasteiger partial charge in [0.05, 0.1) is 48.4 Å². The van der Waals surface area contributed by atoms with Crippen LogP contribution in [-0.4, -0.2) is 89.1 Å². The number of aliphatic hydroxyl groups excluding tert-OH is 2. The van der Waals surface area contributed by atoms with Crippen molar-refractivity contribution in [2.24, 2.45) is 34.0 Å². The summed E-state index contributed by atoms with van der Waals surface area (Å²) >= 11 is 0. The van der Waals surface area contributed by atoms with Crippen LogP contribution in [0.1, 0.15) is 86.8 Å². The zero-order chi connectivity index (χ0) is 36.5. The molecule has 0 radical (unpaired) electrons. The number of alkyl carbamates (subject to hydrolysis) is 1. The van der Waals surface area contributed by atoms with Crippen LogP contribution < -0.4 is 5.32 Å². The lowest BCUT2D eigenvalue weighted by Gasteiger charge is -2.69. The molecule has 1 aliphatic heterocycles. The van der Waals surface area contributed by atoms with Crippen molar-refractivity contribution < 1.29 is 48.7 Å². The maximum Gasteiger partial charge on any atom is 0.408 e. The monoisotopic (exact) mass is 685 g/mol. The Bertz CT molecular complexity index is 1480. The minimum absolute atomic E-state index is 0.0113. The number of nitrogens with one attached hydrogen (secondary N) is 1. The number of carbonyl (C=O) groups is 3. The van der Waals surface area contributed by atoms with E-state index < -0.39 is 88.2 Å². The summed E-state index contributed by atoms with van der Waals surface area (Å²) in [6.07, 6.45) is -3.85. The Morgan fingerprint density at radius 3 is 2.29 bits per heavy atom. The summed E-state index contributed by atoms with van der Waals surface area (Å²) in [5.41, 5.74) is -3.35. The van der Waals surface area contributed by atoms with Gasteiger partial charge >= 0.3 is 12.1 Å². The van der Waals surface area contributed by atoms with Crippen molar-refractivity contribution in [3.63, 3.8) is 0 Å². The normalized spacial score (nSPS) is 38.1. The molecule has 0 aromatic heterocycles. The van der Waals surface area contributed by atoms with E-state index in [1.165, 1.54) is 0 Å². The number of carbonyl (C=O) groups excluding carboxylic acids is 3. The number of hydrogen-bond acceptors (Lipinski definition) is 10. The molecule has 11 nitrogen and oxygen atoms in total. The largest absolute Gasteiger partial charge is 0.456 e. The molecular formula is C38H55NO10. The Morgan fingerprint density at radius 2 is 1.76 bits per heavy atom. The standard InChI is InChI=1S/C38H55NO10/c1-20-24(48-32(43)29(41)28(22-14-12-11-13-15-22)39-33(44)49-34(3,4)5)17-38(45)21(2)30-36(8)19-47-25(36)16-26(46-10)37(30,9)31(42)23(18-40)27(20)35(38,6)7/h11-15,21,23-26,28-30,40-41,45H,16-19H2,1-10H3,(H,39,44)/t21-,23+,24-,25+,26-,28?,29?,30?,36+,37+,38+/m0/s1. The lowest BCUT2D eigenvalue weighted by molar-refractivity contribution is -0.304. The number of methoxy groups -OCH3 is 1. The van der Waals surface area contributed by atoms with Crippen molar-refractivity contribution in [2.45, 2.75) is 117 Å². The molecule has 4 aliphatic rings. The SMILES string of the molecule is CO[C@H]1C[C@H]2OC[C@@]2(C)C2[C@H](C)[C@]3(O)C[C@H](OC(=O)C(O)C(NC(=O)OC(C)(C)C)c4ccccc4)C(C)=C([C@@H](CO)C(=O)[C@@]21C)C3(C)C. The number of benzene rings is 1. The maximum absolute atomic E-state index is 14.9. The molecule has 3 aliphatic carbocycles. The third kappa shape index (κ3) is 5.83. The number of Topliss-reactive ketones (excluding diaryl/α,β-unsaturated/α-hetero) is 1. The minimum Gasteiger partial charge on any atom is -0.456 e. The molecule has 1 heterocycles. The zero-order valence-electron chi connectivity index (χ0n) is 30.5. The summed E-state index contributed by atoms with van der Waals surface area (Å²) in [6.45, 7) is 16.5. The molecule has 1 amide bonds. The quantitative estimate of drug-likeness (QED) is 0.241. The van der Waals surface area contributed by atoms with Crippen LogP contribution in [0.4, 0.5) is 4.79 Å². The van der Waals surface area contributed by atoms with Crippen LogP contribution in [0.25, 0.3) is 0 Å². The second-order valence-electron chi connectivity index (χ2n) is 16.7. The molecule has 1 saturated heterocycles. The van der Waals surface area contributed by atoms with Gasteiger partial charge in [0.2, 0.25) is 0 Å².